The van der Waals surface area contributed by atoms with Crippen molar-refractivity contribution in [3.05, 3.63) is 58.6 Å². The van der Waals surface area contributed by atoms with E-state index in [9.17, 15) is 36.5 Å². The lowest BCUT2D eigenvalue weighted by atomic mass is 10.2. The van der Waals surface area contributed by atoms with Crippen LogP contribution in [0.3, 0.4) is 0 Å². The Morgan fingerprint density at radius 3 is 2.22 bits per heavy atom. The highest BCUT2D eigenvalue weighted by molar-refractivity contribution is 7.86. The molecule has 172 valence electrons. The van der Waals surface area contributed by atoms with Gasteiger partial charge in [0.1, 0.15) is 10.6 Å². The molecule has 32 heavy (non-hydrogen) atoms. The van der Waals surface area contributed by atoms with Crippen LogP contribution in [0.5, 0.6) is 0 Å². The summed E-state index contributed by atoms with van der Waals surface area (Å²) in [5.41, 5.74) is -4.96. The number of nitrogens with zero attached hydrogens (tertiary/aromatic N) is 3. The van der Waals surface area contributed by atoms with Gasteiger partial charge in [-0.2, -0.15) is 13.2 Å². The summed E-state index contributed by atoms with van der Waals surface area (Å²) in [7, 11) is -5.63. The van der Waals surface area contributed by atoms with Gasteiger partial charge in [0.25, 0.3) is 5.69 Å². The van der Waals surface area contributed by atoms with E-state index in [2.05, 4.69) is 4.90 Å². The number of amides is 1. The third-order valence-electron chi connectivity index (χ3n) is 4.80. The van der Waals surface area contributed by atoms with Gasteiger partial charge in [0.2, 0.25) is 5.91 Å². The first kappa shape index (κ1) is 23.9. The standard InChI is InChI=1S/C19H18F3N3O5S2/c20-19(21,22)32(30)15-6-7-17(16(12-15)25(27)28)31(29)13-18(26)24-10-8-23(9-11-24)14-4-2-1-3-5-14/h1-7,12H,8-11,13H2/t31-,32-/m0/s1. The summed E-state index contributed by atoms with van der Waals surface area (Å²) in [6.45, 7) is 1.86. The van der Waals surface area contributed by atoms with Gasteiger partial charge in [0, 0.05) is 37.9 Å². The van der Waals surface area contributed by atoms with Gasteiger partial charge in [-0.05, 0) is 24.3 Å². The van der Waals surface area contributed by atoms with Crippen LogP contribution in [0, 0.1) is 10.1 Å². The number of carbonyl (C=O) groups excluding carboxylic acids is 1. The molecule has 0 saturated carbocycles. The smallest absolute Gasteiger partial charge is 0.368 e. The SMILES string of the molecule is O=C(C[S@](=O)c1ccc([S@](=O)C(F)(F)F)cc1[N+](=O)[O-])N1CCN(c2ccccc2)CC1. The Morgan fingerprint density at radius 1 is 1.03 bits per heavy atom. The highest BCUT2D eigenvalue weighted by atomic mass is 32.2. The molecule has 0 spiro atoms. The zero-order valence-electron chi connectivity index (χ0n) is 16.5. The third kappa shape index (κ3) is 5.51. The van der Waals surface area contributed by atoms with Crippen LogP contribution in [-0.2, 0) is 26.4 Å². The number of hydrogen-bond acceptors (Lipinski definition) is 6. The highest BCUT2D eigenvalue weighted by Crippen LogP contribution is 2.31. The predicted octanol–water partition coefficient (Wildman–Crippen LogP) is 2.68. The van der Waals surface area contributed by atoms with Crippen molar-refractivity contribution in [3.8, 4) is 0 Å². The van der Waals surface area contributed by atoms with Crippen molar-refractivity contribution in [1.29, 1.82) is 0 Å². The van der Waals surface area contributed by atoms with Crippen molar-refractivity contribution < 1.29 is 31.3 Å². The van der Waals surface area contributed by atoms with Gasteiger partial charge < -0.3 is 9.80 Å². The van der Waals surface area contributed by atoms with Crippen molar-refractivity contribution >= 4 is 38.9 Å². The summed E-state index contributed by atoms with van der Waals surface area (Å²) in [6.07, 6.45) is 0. The minimum absolute atomic E-state index is 0.372. The molecule has 0 N–H and O–H groups in total. The maximum Gasteiger partial charge on any atom is 0.475 e. The number of rotatable bonds is 6. The second kappa shape index (κ2) is 9.77. The molecule has 2 aromatic carbocycles. The van der Waals surface area contributed by atoms with Crippen molar-refractivity contribution in [1.82, 2.24) is 4.90 Å². The fraction of sp³-hybridized carbons (Fsp3) is 0.316. The Bertz CT molecular complexity index is 1060. The van der Waals surface area contributed by atoms with E-state index in [0.717, 1.165) is 17.8 Å². The van der Waals surface area contributed by atoms with E-state index < -0.39 is 59.2 Å². The number of hydrogen-bond donors (Lipinski definition) is 0. The average Bonchev–Trinajstić information content (AvgIpc) is 2.78. The number of carbonyl (C=O) groups is 1. The van der Waals surface area contributed by atoms with E-state index >= 15 is 0 Å². The molecule has 1 aliphatic rings. The fourth-order valence-corrected chi connectivity index (χ4v) is 5.04. The molecule has 0 aliphatic carbocycles. The Balaban J connectivity index is 1.68. The molecule has 3 rings (SSSR count). The number of benzene rings is 2. The quantitative estimate of drug-likeness (QED) is 0.457. The molecule has 1 aliphatic heterocycles. The normalized spacial score (nSPS) is 16.5. The van der Waals surface area contributed by atoms with E-state index in [1.807, 2.05) is 30.3 Å². The molecule has 0 bridgehead atoms. The summed E-state index contributed by atoms with van der Waals surface area (Å²) in [4.78, 5) is 25.2. The summed E-state index contributed by atoms with van der Waals surface area (Å²) >= 11 is 0. The van der Waals surface area contributed by atoms with E-state index in [0.29, 0.717) is 32.2 Å². The van der Waals surface area contributed by atoms with E-state index in [-0.39, 0.29) is 0 Å². The van der Waals surface area contributed by atoms with Crippen LogP contribution in [-0.4, -0.2) is 61.6 Å². The Morgan fingerprint density at radius 2 is 1.66 bits per heavy atom. The number of halogens is 3. The van der Waals surface area contributed by atoms with E-state index in [1.54, 1.807) is 0 Å². The first-order valence-corrected chi connectivity index (χ1v) is 11.8. The Hall–Kier alpha value is -2.80. The van der Waals surface area contributed by atoms with E-state index in [1.165, 1.54) is 4.90 Å². The lowest BCUT2D eigenvalue weighted by Gasteiger charge is -2.36. The topological polar surface area (TPSA) is 101 Å². The molecule has 1 amide bonds. The van der Waals surface area contributed by atoms with Gasteiger partial charge in [-0.3, -0.25) is 19.1 Å². The highest BCUT2D eigenvalue weighted by Gasteiger charge is 2.39. The van der Waals surface area contributed by atoms with Crippen molar-refractivity contribution in [2.45, 2.75) is 15.3 Å². The maximum absolute atomic E-state index is 12.7. The van der Waals surface area contributed by atoms with Gasteiger partial charge in [0.05, 0.1) is 20.6 Å². The van der Waals surface area contributed by atoms with Crippen LogP contribution in [0.4, 0.5) is 24.5 Å². The largest absolute Gasteiger partial charge is 0.475 e. The predicted molar refractivity (Wildman–Crippen MR) is 112 cm³/mol. The third-order valence-corrected chi connectivity index (χ3v) is 7.25. The number of piperazine rings is 1. The minimum atomic E-state index is -5.09. The van der Waals surface area contributed by atoms with Crippen molar-refractivity contribution in [3.63, 3.8) is 0 Å². The zero-order valence-corrected chi connectivity index (χ0v) is 18.1. The summed E-state index contributed by atoms with van der Waals surface area (Å²) in [6, 6.07) is 11.7. The van der Waals surface area contributed by atoms with Crippen molar-refractivity contribution in [2.75, 3.05) is 36.8 Å². The number of alkyl halides is 3. The summed E-state index contributed by atoms with van der Waals surface area (Å²) in [5, 5.41) is 11.3. The number of para-hydroxylation sites is 1. The molecule has 1 saturated heterocycles. The van der Waals surface area contributed by atoms with Gasteiger partial charge in [-0.1, -0.05) is 18.2 Å². The number of nitro groups is 1. The molecule has 0 radical (unpaired) electrons. The number of nitro benzene ring substituents is 1. The molecular formula is C19H18F3N3O5S2. The molecule has 2 atom stereocenters. The van der Waals surface area contributed by atoms with Crippen LogP contribution in [0.1, 0.15) is 0 Å². The molecule has 1 heterocycles. The molecule has 2 aromatic rings. The first-order chi connectivity index (χ1) is 15.1. The summed E-state index contributed by atoms with van der Waals surface area (Å²) in [5.74, 6) is -1.03. The van der Waals surface area contributed by atoms with Gasteiger partial charge in [-0.25, -0.2) is 4.21 Å². The lowest BCUT2D eigenvalue weighted by Crippen LogP contribution is -2.49. The van der Waals surface area contributed by atoms with Gasteiger partial charge >= 0.3 is 5.51 Å². The molecule has 13 heteroatoms. The minimum Gasteiger partial charge on any atom is -0.368 e. The Kier molecular flexibility index (Phi) is 7.29. The molecule has 0 unspecified atom stereocenters. The second-order valence-electron chi connectivity index (χ2n) is 6.79. The fourth-order valence-electron chi connectivity index (χ4n) is 3.22. The van der Waals surface area contributed by atoms with Gasteiger partial charge in [-0.15, -0.1) is 0 Å². The van der Waals surface area contributed by atoms with Crippen LogP contribution in [0.2, 0.25) is 0 Å². The van der Waals surface area contributed by atoms with Crippen LogP contribution in [0.15, 0.2) is 58.3 Å². The maximum atomic E-state index is 12.7. The van der Waals surface area contributed by atoms with E-state index in [4.69, 9.17) is 0 Å². The molecule has 0 aromatic heterocycles. The summed E-state index contributed by atoms with van der Waals surface area (Å²) < 4.78 is 62.1. The van der Waals surface area contributed by atoms with Crippen LogP contribution in [0.25, 0.3) is 0 Å². The molecule has 1 fully saturated rings. The van der Waals surface area contributed by atoms with Gasteiger partial charge in [0.15, 0.2) is 10.8 Å². The van der Waals surface area contributed by atoms with Crippen molar-refractivity contribution in [2.24, 2.45) is 0 Å². The molecular weight excluding hydrogens is 471 g/mol. The lowest BCUT2D eigenvalue weighted by molar-refractivity contribution is -0.388. The Labute approximate surface area is 186 Å². The number of anilines is 1. The van der Waals surface area contributed by atoms with Crippen LogP contribution >= 0.6 is 0 Å². The zero-order chi connectivity index (χ0) is 23.5. The van der Waals surface area contributed by atoms with Crippen LogP contribution < -0.4 is 4.90 Å². The average molecular weight is 489 g/mol. The first-order valence-electron chi connectivity index (χ1n) is 9.31. The monoisotopic (exact) mass is 489 g/mol. The second-order valence-corrected chi connectivity index (χ2v) is 9.69. The molecule has 8 nitrogen and oxygen atoms in total.